The van der Waals surface area contributed by atoms with Crippen molar-refractivity contribution in [1.82, 2.24) is 5.32 Å². The van der Waals surface area contributed by atoms with Crippen LogP contribution in [0.2, 0.25) is 5.02 Å². The van der Waals surface area contributed by atoms with Gasteiger partial charge in [0.05, 0.1) is 12.1 Å². The van der Waals surface area contributed by atoms with Crippen LogP contribution < -0.4 is 20.5 Å². The van der Waals surface area contributed by atoms with Gasteiger partial charge in [-0.1, -0.05) is 11.6 Å². The number of benzene rings is 2. The van der Waals surface area contributed by atoms with Gasteiger partial charge >= 0.3 is 0 Å². The number of ether oxygens (including phenoxy) is 2. The fourth-order valence-corrected chi connectivity index (χ4v) is 2.67. The summed E-state index contributed by atoms with van der Waals surface area (Å²) in [5, 5.41) is 3.58. The van der Waals surface area contributed by atoms with Gasteiger partial charge in [0, 0.05) is 24.7 Å². The molecule has 0 aliphatic carbocycles. The smallest absolute Gasteiger partial charge is 0.125 e. The fraction of sp³-hybridized carbons (Fsp3) is 0.333. The van der Waals surface area contributed by atoms with E-state index in [0.29, 0.717) is 23.9 Å². The number of halogens is 2. The Labute approximate surface area is 146 Å². The molecule has 6 heteroatoms. The highest BCUT2D eigenvalue weighted by molar-refractivity contribution is 6.31. The van der Waals surface area contributed by atoms with Gasteiger partial charge in [0.15, 0.2) is 0 Å². The van der Waals surface area contributed by atoms with Crippen molar-refractivity contribution in [3.63, 3.8) is 0 Å². The maximum absolute atomic E-state index is 13.7. The minimum Gasteiger partial charge on any atom is -0.497 e. The van der Waals surface area contributed by atoms with E-state index in [0.717, 1.165) is 16.9 Å². The van der Waals surface area contributed by atoms with Crippen LogP contribution in [0, 0.1) is 5.82 Å². The number of rotatable bonds is 8. The van der Waals surface area contributed by atoms with Crippen LogP contribution in [-0.2, 0) is 6.61 Å². The number of nitrogens with two attached hydrogens (primary N) is 1. The largest absolute Gasteiger partial charge is 0.497 e. The molecule has 24 heavy (non-hydrogen) atoms. The molecule has 0 amide bonds. The van der Waals surface area contributed by atoms with Gasteiger partial charge in [-0.15, -0.1) is 0 Å². The predicted molar refractivity (Wildman–Crippen MR) is 94.2 cm³/mol. The van der Waals surface area contributed by atoms with Crippen LogP contribution in [0.3, 0.4) is 0 Å². The maximum atomic E-state index is 13.7. The summed E-state index contributed by atoms with van der Waals surface area (Å²) in [5.74, 6) is 1.07. The standard InChI is InChI=1S/C18H22ClFN2O2/c1-12(22-8-7-21)16-9-13(20)10-18(19)17(16)11-24-15-5-3-14(23-2)4-6-15/h3-6,9-10,12,22H,7-8,11,21H2,1-2H3. The molecule has 0 heterocycles. The van der Waals surface area contributed by atoms with E-state index >= 15 is 0 Å². The molecular formula is C18H22ClFN2O2. The first-order chi connectivity index (χ1) is 11.5. The third kappa shape index (κ3) is 4.84. The lowest BCUT2D eigenvalue weighted by Gasteiger charge is -2.19. The second-order valence-corrected chi connectivity index (χ2v) is 5.79. The number of hydrogen-bond acceptors (Lipinski definition) is 4. The van der Waals surface area contributed by atoms with Crippen molar-refractivity contribution in [2.45, 2.75) is 19.6 Å². The molecule has 0 radical (unpaired) electrons. The Kier molecular flexibility index (Phi) is 6.85. The molecule has 0 saturated heterocycles. The molecule has 0 aliphatic rings. The minimum atomic E-state index is -0.371. The summed E-state index contributed by atoms with van der Waals surface area (Å²) in [6.45, 7) is 3.33. The van der Waals surface area contributed by atoms with Gasteiger partial charge in [0.25, 0.3) is 0 Å². The summed E-state index contributed by atoms with van der Waals surface area (Å²) in [4.78, 5) is 0. The topological polar surface area (TPSA) is 56.5 Å². The zero-order valence-electron chi connectivity index (χ0n) is 13.8. The van der Waals surface area contributed by atoms with E-state index in [9.17, 15) is 4.39 Å². The first-order valence-corrected chi connectivity index (χ1v) is 8.11. The Morgan fingerprint density at radius 3 is 2.50 bits per heavy atom. The summed E-state index contributed by atoms with van der Waals surface area (Å²) >= 11 is 6.23. The van der Waals surface area contributed by atoms with Crippen molar-refractivity contribution >= 4 is 11.6 Å². The molecule has 2 aromatic carbocycles. The van der Waals surface area contributed by atoms with Gasteiger partial charge in [-0.2, -0.15) is 0 Å². The lowest BCUT2D eigenvalue weighted by atomic mass is 10.0. The van der Waals surface area contributed by atoms with E-state index in [2.05, 4.69) is 5.32 Å². The van der Waals surface area contributed by atoms with Crippen LogP contribution in [0.1, 0.15) is 24.1 Å². The van der Waals surface area contributed by atoms with Crippen molar-refractivity contribution in [3.8, 4) is 11.5 Å². The summed E-state index contributed by atoms with van der Waals surface area (Å²) in [6, 6.07) is 9.94. The minimum absolute atomic E-state index is 0.0868. The third-order valence-corrected chi connectivity index (χ3v) is 4.04. The first-order valence-electron chi connectivity index (χ1n) is 7.73. The monoisotopic (exact) mass is 352 g/mol. The normalized spacial score (nSPS) is 12.0. The van der Waals surface area contributed by atoms with E-state index in [4.69, 9.17) is 26.8 Å². The van der Waals surface area contributed by atoms with Crippen LogP contribution in [0.25, 0.3) is 0 Å². The second kappa shape index (κ2) is 8.87. The second-order valence-electron chi connectivity index (χ2n) is 5.38. The molecule has 0 fully saturated rings. The number of nitrogens with one attached hydrogen (secondary N) is 1. The first kappa shape index (κ1) is 18.5. The Morgan fingerprint density at radius 2 is 1.88 bits per heavy atom. The summed E-state index contributed by atoms with van der Waals surface area (Å²) in [5.41, 5.74) is 7.03. The lowest BCUT2D eigenvalue weighted by Crippen LogP contribution is -2.26. The van der Waals surface area contributed by atoms with Crippen LogP contribution >= 0.6 is 11.6 Å². The molecule has 2 aromatic rings. The molecule has 1 atom stereocenters. The van der Waals surface area contributed by atoms with Crippen LogP contribution in [0.4, 0.5) is 4.39 Å². The molecule has 130 valence electrons. The van der Waals surface area contributed by atoms with Gasteiger partial charge in [-0.05, 0) is 48.9 Å². The van der Waals surface area contributed by atoms with Gasteiger partial charge in [0.2, 0.25) is 0 Å². The van der Waals surface area contributed by atoms with E-state index in [1.54, 1.807) is 7.11 Å². The molecule has 0 aliphatic heterocycles. The van der Waals surface area contributed by atoms with Crippen LogP contribution in [0.5, 0.6) is 11.5 Å². The highest BCUT2D eigenvalue weighted by Gasteiger charge is 2.16. The van der Waals surface area contributed by atoms with Gasteiger partial charge in [-0.3, -0.25) is 0 Å². The van der Waals surface area contributed by atoms with Crippen LogP contribution in [0.15, 0.2) is 36.4 Å². The zero-order chi connectivity index (χ0) is 17.5. The van der Waals surface area contributed by atoms with Gasteiger partial charge in [0.1, 0.15) is 23.9 Å². The molecule has 0 aromatic heterocycles. The van der Waals surface area contributed by atoms with Crippen LogP contribution in [-0.4, -0.2) is 20.2 Å². The molecule has 2 rings (SSSR count). The SMILES string of the molecule is COc1ccc(OCc2c(Cl)cc(F)cc2C(C)NCCN)cc1. The predicted octanol–water partition coefficient (Wildman–Crippen LogP) is 3.68. The van der Waals surface area contributed by atoms with Crippen molar-refractivity contribution in [3.05, 3.63) is 58.4 Å². The van der Waals surface area contributed by atoms with Crippen molar-refractivity contribution in [2.24, 2.45) is 5.73 Å². The Hall–Kier alpha value is -1.82. The maximum Gasteiger partial charge on any atom is 0.125 e. The summed E-state index contributed by atoms with van der Waals surface area (Å²) < 4.78 is 24.7. The highest BCUT2D eigenvalue weighted by atomic mass is 35.5. The fourth-order valence-electron chi connectivity index (χ4n) is 2.40. The third-order valence-electron chi connectivity index (χ3n) is 3.70. The molecule has 3 N–H and O–H groups in total. The average molecular weight is 353 g/mol. The summed E-state index contributed by atoms with van der Waals surface area (Å²) in [6.07, 6.45) is 0. The molecule has 0 bridgehead atoms. The van der Waals surface area contributed by atoms with Crippen molar-refractivity contribution in [2.75, 3.05) is 20.2 Å². The Morgan fingerprint density at radius 1 is 1.21 bits per heavy atom. The van der Waals surface area contributed by atoms with Gasteiger partial charge in [-0.25, -0.2) is 4.39 Å². The highest BCUT2D eigenvalue weighted by Crippen LogP contribution is 2.28. The lowest BCUT2D eigenvalue weighted by molar-refractivity contribution is 0.303. The van der Waals surface area contributed by atoms with Crippen molar-refractivity contribution in [1.29, 1.82) is 0 Å². The van der Waals surface area contributed by atoms with Gasteiger partial charge < -0.3 is 20.5 Å². The molecule has 0 spiro atoms. The van der Waals surface area contributed by atoms with E-state index in [-0.39, 0.29) is 18.5 Å². The van der Waals surface area contributed by atoms with E-state index < -0.39 is 0 Å². The zero-order valence-corrected chi connectivity index (χ0v) is 14.6. The number of hydrogen-bond donors (Lipinski definition) is 2. The summed E-state index contributed by atoms with van der Waals surface area (Å²) in [7, 11) is 1.61. The van der Waals surface area contributed by atoms with E-state index in [1.807, 2.05) is 31.2 Å². The van der Waals surface area contributed by atoms with E-state index in [1.165, 1.54) is 12.1 Å². The quantitative estimate of drug-likeness (QED) is 0.761. The van der Waals surface area contributed by atoms with Crippen molar-refractivity contribution < 1.29 is 13.9 Å². The Balaban J connectivity index is 2.18. The molecule has 1 unspecified atom stereocenters. The number of methoxy groups -OCH3 is 1. The Bertz CT molecular complexity index is 665. The molecule has 4 nitrogen and oxygen atoms in total. The molecular weight excluding hydrogens is 331 g/mol. The molecule has 0 saturated carbocycles. The average Bonchev–Trinajstić information content (AvgIpc) is 2.58.